The number of aromatic nitrogens is 1. The second-order valence-electron chi connectivity index (χ2n) is 9.33. The zero-order chi connectivity index (χ0) is 21.9. The van der Waals surface area contributed by atoms with Gasteiger partial charge in [-0.05, 0) is 40.8 Å². The summed E-state index contributed by atoms with van der Waals surface area (Å²) in [5.41, 5.74) is 6.55. The third-order valence-corrected chi connectivity index (χ3v) is 7.26. The van der Waals surface area contributed by atoms with Gasteiger partial charge in [0, 0.05) is 37.5 Å². The Hall–Kier alpha value is -3.43. The predicted octanol–water partition coefficient (Wildman–Crippen LogP) is 8.83. The van der Waals surface area contributed by atoms with Crippen LogP contribution in [0.2, 0.25) is 0 Å². The number of nitrogens with zero attached hydrogens (tertiary/aromatic N) is 1. The van der Waals surface area contributed by atoms with Crippen molar-refractivity contribution in [3.8, 4) is 21.7 Å². The summed E-state index contributed by atoms with van der Waals surface area (Å²) < 4.78 is 7.46. The van der Waals surface area contributed by atoms with E-state index in [1.165, 1.54) is 26.1 Å². The fourth-order valence-electron chi connectivity index (χ4n) is 4.31. The molecule has 0 aliphatic heterocycles. The zero-order valence-corrected chi connectivity index (χ0v) is 19.2. The van der Waals surface area contributed by atoms with Crippen molar-refractivity contribution in [2.24, 2.45) is 0 Å². The van der Waals surface area contributed by atoms with Crippen LogP contribution in [0.5, 0.6) is 0 Å². The van der Waals surface area contributed by atoms with Crippen LogP contribution in [0.1, 0.15) is 26.3 Å². The molecule has 0 spiro atoms. The van der Waals surface area contributed by atoms with E-state index in [4.69, 9.17) is 9.40 Å². The fraction of sp³-hybridized carbons (Fsp3) is 0.138. The molecule has 3 aromatic carbocycles. The van der Waals surface area contributed by atoms with E-state index in [0.717, 1.165) is 33.2 Å². The first-order chi connectivity index (χ1) is 15.5. The number of para-hydroxylation sites is 2. The number of pyridine rings is 1. The molecule has 0 aliphatic carbocycles. The molecule has 0 bridgehead atoms. The van der Waals surface area contributed by atoms with Crippen LogP contribution in [0.15, 0.2) is 89.5 Å². The summed E-state index contributed by atoms with van der Waals surface area (Å²) >= 11 is 1.81. The van der Waals surface area contributed by atoms with Crippen LogP contribution in [-0.4, -0.2) is 4.98 Å². The minimum atomic E-state index is 0.162. The maximum absolute atomic E-state index is 6.23. The molecule has 32 heavy (non-hydrogen) atoms. The highest BCUT2D eigenvalue weighted by Gasteiger charge is 2.15. The molecule has 0 unspecified atom stereocenters. The monoisotopic (exact) mass is 433 g/mol. The summed E-state index contributed by atoms with van der Waals surface area (Å²) in [4.78, 5) is 6.06. The minimum absolute atomic E-state index is 0.162. The first kappa shape index (κ1) is 19.3. The Morgan fingerprint density at radius 1 is 0.812 bits per heavy atom. The lowest BCUT2D eigenvalue weighted by Gasteiger charge is -2.18. The molecule has 0 aliphatic rings. The van der Waals surface area contributed by atoms with Crippen LogP contribution < -0.4 is 0 Å². The first-order valence-corrected chi connectivity index (χ1v) is 11.7. The van der Waals surface area contributed by atoms with Gasteiger partial charge in [0.05, 0.1) is 5.69 Å². The van der Waals surface area contributed by atoms with Gasteiger partial charge in [-0.1, -0.05) is 75.4 Å². The Morgan fingerprint density at radius 2 is 1.59 bits per heavy atom. The van der Waals surface area contributed by atoms with Crippen LogP contribution in [0.3, 0.4) is 0 Å². The quantitative estimate of drug-likeness (QED) is 0.273. The maximum Gasteiger partial charge on any atom is 0.144 e. The molecule has 3 aromatic heterocycles. The van der Waals surface area contributed by atoms with Gasteiger partial charge in [-0.2, -0.15) is 0 Å². The van der Waals surface area contributed by atoms with E-state index in [-0.39, 0.29) is 5.41 Å². The maximum atomic E-state index is 6.23. The van der Waals surface area contributed by atoms with Crippen molar-refractivity contribution < 1.29 is 4.42 Å². The summed E-state index contributed by atoms with van der Waals surface area (Å²) in [5.74, 6) is 0. The third kappa shape index (κ3) is 3.12. The average molecular weight is 434 g/mol. The van der Waals surface area contributed by atoms with Crippen molar-refractivity contribution in [2.45, 2.75) is 26.2 Å². The third-order valence-electron chi connectivity index (χ3n) is 6.12. The lowest BCUT2D eigenvalue weighted by atomic mass is 9.86. The number of hydrogen-bond acceptors (Lipinski definition) is 3. The molecule has 156 valence electrons. The molecule has 0 fully saturated rings. The predicted molar refractivity (Wildman–Crippen MR) is 136 cm³/mol. The van der Waals surface area contributed by atoms with Crippen molar-refractivity contribution >= 4 is 43.4 Å². The highest BCUT2D eigenvalue weighted by Crippen LogP contribution is 2.39. The van der Waals surface area contributed by atoms with E-state index in [9.17, 15) is 0 Å². The van der Waals surface area contributed by atoms with Crippen LogP contribution in [-0.2, 0) is 5.41 Å². The molecule has 3 heterocycles. The van der Waals surface area contributed by atoms with Crippen LogP contribution >= 0.6 is 11.3 Å². The molecule has 0 saturated heterocycles. The topological polar surface area (TPSA) is 26.0 Å². The molecule has 0 radical (unpaired) electrons. The molecular formula is C29H23NOS. The molecule has 6 aromatic rings. The SMILES string of the molecule is CC(C)(C)c1ccc(-c2cc3cnc(-c4cccc5c4oc4ccccc45)cc3s2)cc1. The largest absolute Gasteiger partial charge is 0.455 e. The molecule has 0 atom stereocenters. The number of thiophene rings is 1. The summed E-state index contributed by atoms with van der Waals surface area (Å²) in [6.45, 7) is 6.74. The number of rotatable bonds is 2. The summed E-state index contributed by atoms with van der Waals surface area (Å²) in [5, 5.41) is 3.44. The molecule has 6 rings (SSSR count). The van der Waals surface area contributed by atoms with E-state index in [0.29, 0.717) is 0 Å². The van der Waals surface area contributed by atoms with E-state index in [1.54, 1.807) is 0 Å². The number of benzene rings is 3. The fourth-order valence-corrected chi connectivity index (χ4v) is 5.38. The summed E-state index contributed by atoms with van der Waals surface area (Å²) in [7, 11) is 0. The van der Waals surface area contributed by atoms with E-state index in [2.05, 4.69) is 87.5 Å². The molecule has 2 nitrogen and oxygen atoms in total. The molecular weight excluding hydrogens is 410 g/mol. The first-order valence-electron chi connectivity index (χ1n) is 10.9. The van der Waals surface area contributed by atoms with E-state index < -0.39 is 0 Å². The molecule has 0 saturated carbocycles. The number of hydrogen-bond donors (Lipinski definition) is 0. The highest BCUT2D eigenvalue weighted by molar-refractivity contribution is 7.22. The lowest BCUT2D eigenvalue weighted by Crippen LogP contribution is -2.10. The van der Waals surface area contributed by atoms with Crippen molar-refractivity contribution in [1.29, 1.82) is 0 Å². The second-order valence-corrected chi connectivity index (χ2v) is 10.4. The van der Waals surface area contributed by atoms with Gasteiger partial charge >= 0.3 is 0 Å². The molecule has 0 N–H and O–H groups in total. The Labute approximate surface area is 191 Å². The van der Waals surface area contributed by atoms with Gasteiger partial charge in [0.15, 0.2) is 0 Å². The molecule has 0 amide bonds. The van der Waals surface area contributed by atoms with Crippen LogP contribution in [0.25, 0.3) is 53.7 Å². The van der Waals surface area contributed by atoms with Crippen molar-refractivity contribution in [3.05, 3.63) is 90.6 Å². The van der Waals surface area contributed by atoms with E-state index >= 15 is 0 Å². The van der Waals surface area contributed by atoms with Crippen LogP contribution in [0.4, 0.5) is 0 Å². The highest BCUT2D eigenvalue weighted by atomic mass is 32.1. The number of fused-ring (bicyclic) bond motifs is 4. The van der Waals surface area contributed by atoms with Crippen molar-refractivity contribution in [1.82, 2.24) is 4.98 Å². The normalized spacial score (nSPS) is 12.2. The van der Waals surface area contributed by atoms with Gasteiger partial charge in [-0.15, -0.1) is 11.3 Å². The average Bonchev–Trinajstić information content (AvgIpc) is 3.39. The van der Waals surface area contributed by atoms with Gasteiger partial charge in [-0.3, -0.25) is 4.98 Å². The van der Waals surface area contributed by atoms with Crippen molar-refractivity contribution in [2.75, 3.05) is 0 Å². The Bertz CT molecular complexity index is 1600. The van der Waals surface area contributed by atoms with Gasteiger partial charge in [-0.25, -0.2) is 0 Å². The van der Waals surface area contributed by atoms with Gasteiger partial charge in [0.1, 0.15) is 11.2 Å². The zero-order valence-electron chi connectivity index (χ0n) is 18.3. The summed E-state index contributed by atoms with van der Waals surface area (Å²) in [6.07, 6.45) is 1.98. The molecule has 3 heteroatoms. The minimum Gasteiger partial charge on any atom is -0.455 e. The van der Waals surface area contributed by atoms with Crippen molar-refractivity contribution in [3.63, 3.8) is 0 Å². The Balaban J connectivity index is 1.44. The number of furan rings is 1. The van der Waals surface area contributed by atoms with E-state index in [1.807, 2.05) is 29.7 Å². The van der Waals surface area contributed by atoms with Crippen LogP contribution in [0, 0.1) is 0 Å². The second kappa shape index (κ2) is 7.04. The standard InChI is InChI=1S/C29H23NOS/c1-29(2,3)20-13-11-18(12-14-20)26-15-19-17-30-24(16-27(19)32-26)23-9-6-8-22-21-7-4-5-10-25(21)31-28(22)23/h4-17H,1-3H3. The Morgan fingerprint density at radius 3 is 2.41 bits per heavy atom. The van der Waals surface area contributed by atoms with Gasteiger partial charge in [0.25, 0.3) is 0 Å². The Kier molecular flexibility index (Phi) is 4.24. The smallest absolute Gasteiger partial charge is 0.144 e. The van der Waals surface area contributed by atoms with Gasteiger partial charge in [0.2, 0.25) is 0 Å². The van der Waals surface area contributed by atoms with Gasteiger partial charge < -0.3 is 4.42 Å². The summed E-state index contributed by atoms with van der Waals surface area (Å²) in [6, 6.07) is 27.9. The lowest BCUT2D eigenvalue weighted by molar-refractivity contribution is 0.590.